The third-order valence-electron chi connectivity index (χ3n) is 26.0. The number of likely N-dealkylation sites (tertiary alicyclic amines) is 2. The van der Waals surface area contributed by atoms with Crippen LogP contribution in [0.3, 0.4) is 0 Å². The minimum absolute atomic E-state index is 0. The van der Waals surface area contributed by atoms with E-state index in [0.717, 1.165) is 76.0 Å². The average molecular weight is 1780 g/mol. The Morgan fingerprint density at radius 1 is 0.374 bits per heavy atom. The summed E-state index contributed by atoms with van der Waals surface area (Å²) in [5.41, 5.74) is 8.09. The van der Waals surface area contributed by atoms with E-state index in [9.17, 15) is 57.8 Å². The number of likely N-dealkylation sites (N-methyl/N-ethyl adjacent to an activating group) is 3. The van der Waals surface area contributed by atoms with Gasteiger partial charge in [-0.15, -0.1) is 0 Å². The molecule has 6 aliphatic rings. The molecule has 5 amide bonds. The molecule has 6 aliphatic heterocycles. The van der Waals surface area contributed by atoms with Crippen LogP contribution in [0.25, 0.3) is 0 Å². The van der Waals surface area contributed by atoms with Crippen LogP contribution in [0.1, 0.15) is 139 Å². The fraction of sp³-hybridized carbons (Fsp3) is 0.406. The molecule has 6 fully saturated rings. The number of carbonyl (C=O) groups is 9. The van der Waals surface area contributed by atoms with Gasteiger partial charge in [0.15, 0.2) is 0 Å². The molecule has 0 aliphatic carbocycles. The van der Waals surface area contributed by atoms with Gasteiger partial charge in [-0.1, -0.05) is 322 Å². The number of carbonyl (C=O) groups excluding carboxylic acids is 7. The molecule has 6 saturated heterocycles. The van der Waals surface area contributed by atoms with E-state index in [1.807, 2.05) is 179 Å². The first kappa shape index (κ1) is 103. The number of amides is 5. The third-order valence-corrected chi connectivity index (χ3v) is 26.0. The quantitative estimate of drug-likeness (QED) is 0.0187. The molecule has 131 heavy (non-hydrogen) atoms. The van der Waals surface area contributed by atoms with Gasteiger partial charge in [-0.3, -0.25) is 47.9 Å². The van der Waals surface area contributed by atoms with Crippen LogP contribution in [0, 0.1) is 35.5 Å². The fourth-order valence-corrected chi connectivity index (χ4v) is 19.6. The molecule has 0 bridgehead atoms. The van der Waals surface area contributed by atoms with E-state index < -0.39 is 65.8 Å². The van der Waals surface area contributed by atoms with Gasteiger partial charge in [0.2, 0.25) is 29.5 Å². The number of nitrogens with one attached hydrogen (secondary N) is 1. The van der Waals surface area contributed by atoms with Crippen molar-refractivity contribution in [2.75, 3.05) is 101 Å². The molecular weight excluding hydrogens is 1650 g/mol. The van der Waals surface area contributed by atoms with Crippen LogP contribution in [0.15, 0.2) is 273 Å². The van der Waals surface area contributed by atoms with Crippen molar-refractivity contribution < 1.29 is 92.9 Å². The van der Waals surface area contributed by atoms with Gasteiger partial charge < -0.3 is 55.0 Å². The number of rotatable bonds is 27. The number of halogens is 1. The summed E-state index contributed by atoms with van der Waals surface area (Å²) < 4.78 is 25.2. The summed E-state index contributed by atoms with van der Waals surface area (Å²) in [7, 11) is 6.67. The van der Waals surface area contributed by atoms with Crippen molar-refractivity contribution in [3.63, 3.8) is 0 Å². The second-order valence-electron chi connectivity index (χ2n) is 34.8. The summed E-state index contributed by atoms with van der Waals surface area (Å²) in [5, 5.41) is 22.4. The first-order valence-electron chi connectivity index (χ1n) is 45.3. The Bertz CT molecular complexity index is 4840. The molecule has 0 spiro atoms. The molecule has 23 nitrogen and oxygen atoms in total. The van der Waals surface area contributed by atoms with Gasteiger partial charge in [0, 0.05) is 84.7 Å². The van der Waals surface area contributed by atoms with Gasteiger partial charge in [-0.25, -0.2) is 14.4 Å². The van der Waals surface area contributed by atoms with Crippen molar-refractivity contribution in [1.82, 2.24) is 44.5 Å². The van der Waals surface area contributed by atoms with Crippen LogP contribution in [0.5, 0.6) is 0 Å². The first-order valence-corrected chi connectivity index (χ1v) is 44.6. The maximum Gasteiger partial charge on any atom is 1.00 e. The second kappa shape index (κ2) is 48.6. The predicted octanol–water partition coefficient (Wildman–Crippen LogP) is 11.5. The minimum Gasteiger partial charge on any atom is -0.870 e. The standard InChI is InChI=1S/C35H41N3O4.C34H39N3O4.C22H19NO2.C13H24N2O3.CH3F.CH4.Li.H2O/c1-25(2)31(34(41)42-4)36(3)32(39)26-20-22-37(23-21-26)33(40)30-24-38(30)35(27-14-8-5-9-15-27,28-16-10-6-11-17-28)29-18-12-7-13-19-29;1-24(2)30(33(40)41)35(3)31(38)25-19-21-36(22-20-25)32(39)29-23-37(29)34(26-13-7-4-8-14-26,27-15-9-5-10-16-27)28-17-11-6-12-18-28;24-21(25)20-16-23(20)22(17-10-4-1-5-11-17,18-12-6-2-7-13-18)19-14-8-3-9-15-19;1-9(2)11(13(17)18-4)15(3)12(16)10-5-7-14-8-6-10;1-2;;;/h5-19,25-26,30-31H,20-24H2,1-4H3;4-18,24-25,29-30H,19-23H2,1-3H3,(H,40,41);1-15,20H,16H2,(H,24,25);9-11,14H,5-8H2,1-4H3;1H3;1H4;;1H2/q;;;;;;+1;/p-1/t30-,31-,38?;29-,30-,37?;20-,23?;11-;;;;/m0000..../s1/i;;;;1D;;;. The number of benzene rings is 9. The van der Waals surface area contributed by atoms with E-state index >= 15 is 0 Å². The second-order valence-corrected chi connectivity index (χ2v) is 34.8. The van der Waals surface area contributed by atoms with Crippen LogP contribution in [-0.4, -0.2) is 246 Å². The maximum atomic E-state index is 14.0. The number of nitrogens with zero attached hydrogens (tertiary/aromatic N) is 8. The van der Waals surface area contributed by atoms with Gasteiger partial charge in [-0.05, 0) is 119 Å². The van der Waals surface area contributed by atoms with Gasteiger partial charge in [0.05, 0.1) is 39.4 Å². The van der Waals surface area contributed by atoms with E-state index in [-0.39, 0.29) is 115 Å². The van der Waals surface area contributed by atoms with Crippen molar-refractivity contribution in [3.8, 4) is 0 Å². The summed E-state index contributed by atoms with van der Waals surface area (Å²) in [6, 6.07) is 89.9. The summed E-state index contributed by atoms with van der Waals surface area (Å²) in [4.78, 5) is 129. The Labute approximate surface area is 786 Å². The topological polar surface area (TPSA) is 280 Å². The zero-order valence-corrected chi connectivity index (χ0v) is 77.0. The number of esters is 2. The number of methoxy groups -OCH3 is 2. The number of carboxylic acid groups (broad SMARTS) is 2. The number of carboxylic acids is 2. The van der Waals surface area contributed by atoms with Gasteiger partial charge in [0.1, 0.15) is 36.3 Å². The van der Waals surface area contributed by atoms with Crippen LogP contribution >= 0.6 is 0 Å². The fourth-order valence-electron chi connectivity index (χ4n) is 19.6. The molecule has 25 heteroatoms. The van der Waals surface area contributed by atoms with E-state index in [1.165, 1.54) is 24.0 Å². The Kier molecular flexibility index (Phi) is 38.3. The van der Waals surface area contributed by atoms with Gasteiger partial charge >= 0.3 is 42.7 Å². The number of hydrogen-bond donors (Lipinski definition) is 3. The molecule has 0 radical (unpaired) electrons. The molecular formula is C106H131FLiN9O14. The number of ether oxygens (including phenoxy) is 2. The molecule has 692 valence electrons. The van der Waals surface area contributed by atoms with E-state index in [1.54, 1.807) is 26.0 Å². The summed E-state index contributed by atoms with van der Waals surface area (Å²) in [6.07, 6.45) is 3.91. The Balaban J connectivity index is 0.000000223. The molecule has 9 aromatic carbocycles. The van der Waals surface area contributed by atoms with Crippen LogP contribution in [0.2, 0.25) is 0 Å². The van der Waals surface area contributed by atoms with Gasteiger partial charge in [0.25, 0.3) is 0 Å². The van der Waals surface area contributed by atoms with Crippen molar-refractivity contribution >= 4 is 53.4 Å². The zero-order valence-electron chi connectivity index (χ0n) is 78.0. The number of alkyl halides is 1. The van der Waals surface area contributed by atoms with Crippen LogP contribution < -0.4 is 24.2 Å². The molecule has 6 heterocycles. The zero-order chi connectivity index (χ0) is 92.7. The van der Waals surface area contributed by atoms with E-state index in [0.29, 0.717) is 71.5 Å². The number of piperidine rings is 3. The minimum atomic E-state index is -1.00. The predicted molar refractivity (Wildman–Crippen MR) is 502 cm³/mol. The normalized spacial score (nSPS) is 18.9. The smallest absolute Gasteiger partial charge is 0.870 e. The molecule has 15 rings (SSSR count). The summed E-state index contributed by atoms with van der Waals surface area (Å²) in [5.74, 6) is -3.14. The molecule has 3 unspecified atom stereocenters. The molecule has 9 aromatic rings. The third kappa shape index (κ3) is 23.4. The Morgan fingerprint density at radius 2 is 0.573 bits per heavy atom. The first-order chi connectivity index (χ1) is 62.2. The average Bonchev–Trinajstić information content (AvgIpc) is 1.56. The van der Waals surface area contributed by atoms with Crippen molar-refractivity contribution in [2.24, 2.45) is 35.5 Å². The number of aliphatic carboxylic acids is 2. The Hall–Kier alpha value is -11.5. The maximum absolute atomic E-state index is 14.0. The monoisotopic (exact) mass is 1780 g/mol. The van der Waals surface area contributed by atoms with Crippen LogP contribution in [-0.2, 0) is 69.2 Å². The Morgan fingerprint density at radius 3 is 0.763 bits per heavy atom. The van der Waals surface area contributed by atoms with E-state index in [4.69, 9.17) is 10.8 Å². The van der Waals surface area contributed by atoms with Gasteiger partial charge in [-0.2, -0.15) is 0 Å². The molecule has 0 aromatic heterocycles. The number of hydrogen-bond acceptors (Lipinski definition) is 16. The molecule has 0 saturated carbocycles. The van der Waals surface area contributed by atoms with Crippen molar-refractivity contribution in [3.05, 3.63) is 323 Å². The molecule has 9 atom stereocenters. The van der Waals surface area contributed by atoms with E-state index in [2.05, 4.69) is 166 Å². The molecule has 4 N–H and O–H groups in total. The largest absolute Gasteiger partial charge is 1.00 e. The van der Waals surface area contributed by atoms with Crippen LogP contribution in [0.4, 0.5) is 4.39 Å². The SMILES string of the molecule is C.CC(C)[C@@H](C(=O)O)N(C)C(=O)C1CCN(C(=O)[C@@H]2CN2C(c2ccccc2)(c2ccccc2)c2ccccc2)CC1.COC(=O)[C@H](C(C)C)N(C)C(=O)C1CCN(C(=O)[C@@H]2CN2C(c2ccccc2)(c2ccccc2)c2ccccc2)CC1.COC(=O)[C@H](C(C)C)N(C)C(=O)C1CCNCC1.O=C(O)[C@@H]1CN1C(c1ccccc1)(c1ccccc1)c1ccccc1.[2H]CF.[Li+].[OH-]. The summed E-state index contributed by atoms with van der Waals surface area (Å²) >= 11 is 0. The summed E-state index contributed by atoms with van der Waals surface area (Å²) in [6.45, 7) is 16.9. The van der Waals surface area contributed by atoms with Crippen molar-refractivity contribution in [1.29, 1.82) is 0 Å². The van der Waals surface area contributed by atoms with Crippen molar-refractivity contribution in [2.45, 2.75) is 140 Å².